The van der Waals surface area contributed by atoms with Crippen LogP contribution in [0.25, 0.3) is 6.08 Å². The van der Waals surface area contributed by atoms with E-state index in [2.05, 4.69) is 71.6 Å². The van der Waals surface area contributed by atoms with Crippen LogP contribution in [0.15, 0.2) is 66.7 Å². The summed E-state index contributed by atoms with van der Waals surface area (Å²) < 4.78 is 0. The number of nitrogens with zero attached hydrogens (tertiary/aromatic N) is 1. The molecular formula is C23H29NO. The van der Waals surface area contributed by atoms with E-state index in [1.165, 1.54) is 11.1 Å². The van der Waals surface area contributed by atoms with Crippen LogP contribution in [-0.4, -0.2) is 36.2 Å². The van der Waals surface area contributed by atoms with Crippen molar-refractivity contribution >= 4 is 6.08 Å². The first-order chi connectivity index (χ1) is 12.3. The number of aliphatic hydroxyl groups excluding tert-OH is 1. The van der Waals surface area contributed by atoms with E-state index in [-0.39, 0.29) is 5.41 Å². The number of aryl methyl sites for hydroxylation is 1. The molecule has 1 aliphatic rings. The van der Waals surface area contributed by atoms with Crippen LogP contribution in [0.3, 0.4) is 0 Å². The van der Waals surface area contributed by atoms with Crippen LogP contribution in [0.2, 0.25) is 0 Å². The molecule has 132 valence electrons. The number of benzene rings is 2. The second-order valence-corrected chi connectivity index (χ2v) is 7.26. The monoisotopic (exact) mass is 335 g/mol. The third-order valence-electron chi connectivity index (χ3n) is 5.51. The molecule has 2 aromatic carbocycles. The largest absolute Gasteiger partial charge is 0.396 e. The van der Waals surface area contributed by atoms with Gasteiger partial charge in [-0.2, -0.15) is 0 Å². The van der Waals surface area contributed by atoms with Crippen molar-refractivity contribution < 1.29 is 5.11 Å². The molecule has 0 spiro atoms. The number of hydrogen-bond acceptors (Lipinski definition) is 2. The van der Waals surface area contributed by atoms with Gasteiger partial charge in [0.25, 0.3) is 0 Å². The third-order valence-corrected chi connectivity index (χ3v) is 5.51. The zero-order chi connectivity index (χ0) is 17.4. The molecule has 0 atom stereocenters. The van der Waals surface area contributed by atoms with Crippen LogP contribution in [0.5, 0.6) is 0 Å². The molecule has 0 bridgehead atoms. The lowest BCUT2D eigenvalue weighted by atomic mass is 9.75. The molecule has 0 amide bonds. The average Bonchev–Trinajstić information content (AvgIpc) is 2.69. The lowest BCUT2D eigenvalue weighted by Gasteiger charge is -2.40. The molecular weight excluding hydrogens is 306 g/mol. The van der Waals surface area contributed by atoms with Gasteiger partial charge in [-0.15, -0.1) is 0 Å². The molecule has 0 aliphatic carbocycles. The molecule has 1 aliphatic heterocycles. The predicted molar refractivity (Wildman–Crippen MR) is 105 cm³/mol. The van der Waals surface area contributed by atoms with Crippen LogP contribution < -0.4 is 0 Å². The van der Waals surface area contributed by atoms with Gasteiger partial charge in [0.1, 0.15) is 0 Å². The molecule has 2 aromatic rings. The van der Waals surface area contributed by atoms with Crippen LogP contribution in [0.4, 0.5) is 0 Å². The molecule has 0 radical (unpaired) electrons. The fraction of sp³-hybridized carbons (Fsp3) is 0.391. The van der Waals surface area contributed by atoms with Gasteiger partial charge in [-0.1, -0.05) is 72.8 Å². The standard InChI is InChI=1S/C23H29NO/c25-20-23(14-13-22-10-5-2-6-11-22)15-18-24(19-16-23)17-7-12-21-8-3-1-4-9-21/h1-12,25H,13-20H2. The highest BCUT2D eigenvalue weighted by molar-refractivity contribution is 5.48. The normalized spacial score (nSPS) is 17.8. The van der Waals surface area contributed by atoms with Crippen molar-refractivity contribution in [3.8, 4) is 0 Å². The molecule has 0 aromatic heterocycles. The summed E-state index contributed by atoms with van der Waals surface area (Å²) in [6.45, 7) is 3.46. The quantitative estimate of drug-likeness (QED) is 0.810. The van der Waals surface area contributed by atoms with Crippen LogP contribution in [0.1, 0.15) is 30.4 Å². The van der Waals surface area contributed by atoms with Crippen LogP contribution in [0, 0.1) is 5.41 Å². The van der Waals surface area contributed by atoms with Gasteiger partial charge in [0.2, 0.25) is 0 Å². The summed E-state index contributed by atoms with van der Waals surface area (Å²) in [5.41, 5.74) is 2.74. The van der Waals surface area contributed by atoms with E-state index in [1.807, 2.05) is 6.07 Å². The van der Waals surface area contributed by atoms with Crippen molar-refractivity contribution in [2.75, 3.05) is 26.2 Å². The van der Waals surface area contributed by atoms with Crippen molar-refractivity contribution in [2.24, 2.45) is 5.41 Å². The zero-order valence-electron chi connectivity index (χ0n) is 15.0. The van der Waals surface area contributed by atoms with Gasteiger partial charge in [0.05, 0.1) is 0 Å². The Kier molecular flexibility index (Phi) is 6.43. The minimum absolute atomic E-state index is 0.107. The first-order valence-electron chi connectivity index (χ1n) is 9.38. The second-order valence-electron chi connectivity index (χ2n) is 7.26. The molecule has 3 rings (SSSR count). The summed E-state index contributed by atoms with van der Waals surface area (Å²) in [5.74, 6) is 0. The van der Waals surface area contributed by atoms with Crippen molar-refractivity contribution in [2.45, 2.75) is 25.7 Å². The smallest absolute Gasteiger partial charge is 0.0488 e. The fourth-order valence-corrected chi connectivity index (χ4v) is 3.65. The first kappa shape index (κ1) is 17.9. The predicted octanol–water partition coefficient (Wildman–Crippen LogP) is 4.41. The number of rotatable bonds is 7. The summed E-state index contributed by atoms with van der Waals surface area (Å²) in [4.78, 5) is 2.50. The van der Waals surface area contributed by atoms with Crippen LogP contribution >= 0.6 is 0 Å². The van der Waals surface area contributed by atoms with Gasteiger partial charge in [0.15, 0.2) is 0 Å². The highest BCUT2D eigenvalue weighted by Crippen LogP contribution is 2.35. The number of aliphatic hydroxyl groups is 1. The van der Waals surface area contributed by atoms with Gasteiger partial charge >= 0.3 is 0 Å². The topological polar surface area (TPSA) is 23.5 Å². The zero-order valence-corrected chi connectivity index (χ0v) is 15.0. The lowest BCUT2D eigenvalue weighted by Crippen LogP contribution is -2.42. The maximum Gasteiger partial charge on any atom is 0.0488 e. The Hall–Kier alpha value is -1.90. The lowest BCUT2D eigenvalue weighted by molar-refractivity contribution is 0.0413. The van der Waals surface area contributed by atoms with Crippen LogP contribution in [-0.2, 0) is 6.42 Å². The van der Waals surface area contributed by atoms with Crippen molar-refractivity contribution in [3.63, 3.8) is 0 Å². The van der Waals surface area contributed by atoms with E-state index in [0.717, 1.165) is 45.3 Å². The van der Waals surface area contributed by atoms with Gasteiger partial charge < -0.3 is 5.11 Å². The molecule has 25 heavy (non-hydrogen) atoms. The summed E-state index contributed by atoms with van der Waals surface area (Å²) in [7, 11) is 0. The van der Waals surface area contributed by atoms with Gasteiger partial charge in [-0.05, 0) is 55.3 Å². The highest BCUT2D eigenvalue weighted by Gasteiger charge is 2.33. The Morgan fingerprint density at radius 1 is 0.920 bits per heavy atom. The fourth-order valence-electron chi connectivity index (χ4n) is 3.65. The summed E-state index contributed by atoms with van der Waals surface area (Å²) in [5, 5.41) is 10.00. The number of hydrogen-bond donors (Lipinski definition) is 1. The molecule has 1 heterocycles. The van der Waals surface area contributed by atoms with Crippen molar-refractivity contribution in [1.82, 2.24) is 4.90 Å². The minimum atomic E-state index is 0.107. The van der Waals surface area contributed by atoms with E-state index in [4.69, 9.17) is 0 Å². The van der Waals surface area contributed by atoms with E-state index >= 15 is 0 Å². The molecule has 1 fully saturated rings. The molecule has 1 saturated heterocycles. The Morgan fingerprint density at radius 2 is 1.56 bits per heavy atom. The van der Waals surface area contributed by atoms with E-state index in [0.29, 0.717) is 6.61 Å². The second kappa shape index (κ2) is 8.98. The van der Waals surface area contributed by atoms with Gasteiger partial charge in [-0.25, -0.2) is 0 Å². The Bertz CT molecular complexity index is 642. The van der Waals surface area contributed by atoms with Crippen molar-refractivity contribution in [3.05, 3.63) is 77.9 Å². The van der Waals surface area contributed by atoms with Gasteiger partial charge in [0, 0.05) is 13.2 Å². The SMILES string of the molecule is OCC1(CCc2ccccc2)CCN(CC=Cc2ccccc2)CC1. The molecule has 0 unspecified atom stereocenters. The number of likely N-dealkylation sites (tertiary alicyclic amines) is 1. The Balaban J connectivity index is 1.46. The summed E-state index contributed by atoms with van der Waals surface area (Å²) in [6, 6.07) is 21.1. The minimum Gasteiger partial charge on any atom is -0.396 e. The summed E-state index contributed by atoms with van der Waals surface area (Å²) in [6.07, 6.45) is 8.79. The van der Waals surface area contributed by atoms with Gasteiger partial charge in [-0.3, -0.25) is 4.90 Å². The maximum atomic E-state index is 10.00. The molecule has 2 heteroatoms. The first-order valence-corrected chi connectivity index (χ1v) is 9.38. The molecule has 2 nitrogen and oxygen atoms in total. The summed E-state index contributed by atoms with van der Waals surface area (Å²) >= 11 is 0. The molecule has 0 saturated carbocycles. The highest BCUT2D eigenvalue weighted by atomic mass is 16.3. The molecule has 1 N–H and O–H groups in total. The average molecular weight is 335 g/mol. The van der Waals surface area contributed by atoms with E-state index in [1.54, 1.807) is 0 Å². The van der Waals surface area contributed by atoms with E-state index < -0.39 is 0 Å². The van der Waals surface area contributed by atoms with Crippen molar-refractivity contribution in [1.29, 1.82) is 0 Å². The maximum absolute atomic E-state index is 10.00. The Morgan fingerprint density at radius 3 is 2.20 bits per heavy atom. The Labute approximate surface area is 151 Å². The van der Waals surface area contributed by atoms with E-state index in [9.17, 15) is 5.11 Å². The third kappa shape index (κ3) is 5.29. The number of piperidine rings is 1.